The maximum Gasteiger partial charge on any atom is 0.131 e. The predicted octanol–water partition coefficient (Wildman–Crippen LogP) is 1.08. The number of piperidine rings is 1. The van der Waals surface area contributed by atoms with E-state index in [2.05, 4.69) is 21.4 Å². The minimum absolute atomic E-state index is 0.735. The lowest BCUT2D eigenvalue weighted by atomic mass is 9.94. The van der Waals surface area contributed by atoms with E-state index in [1.54, 1.807) is 6.33 Å². The smallest absolute Gasteiger partial charge is 0.131 e. The molecule has 0 saturated carbocycles. The SMILES string of the molecule is CN(C)c1cc(C[C@@H]2CCCNC2)ncn1. The van der Waals surface area contributed by atoms with Crippen LogP contribution in [0.25, 0.3) is 0 Å². The summed E-state index contributed by atoms with van der Waals surface area (Å²) in [5.74, 6) is 1.73. The zero-order chi connectivity index (χ0) is 11.4. The normalized spacial score (nSPS) is 20.8. The minimum Gasteiger partial charge on any atom is -0.363 e. The molecule has 4 heteroatoms. The average molecular weight is 220 g/mol. The van der Waals surface area contributed by atoms with Crippen LogP contribution in [0.1, 0.15) is 18.5 Å². The number of aromatic nitrogens is 2. The van der Waals surface area contributed by atoms with Gasteiger partial charge in [-0.25, -0.2) is 9.97 Å². The van der Waals surface area contributed by atoms with Crippen molar-refractivity contribution in [1.82, 2.24) is 15.3 Å². The summed E-state index contributed by atoms with van der Waals surface area (Å²) >= 11 is 0. The number of hydrogen-bond acceptors (Lipinski definition) is 4. The molecule has 0 bridgehead atoms. The third-order valence-corrected chi connectivity index (χ3v) is 3.06. The van der Waals surface area contributed by atoms with Gasteiger partial charge < -0.3 is 10.2 Å². The Labute approximate surface area is 97.1 Å². The molecular formula is C12H20N4. The summed E-state index contributed by atoms with van der Waals surface area (Å²) in [6.45, 7) is 2.30. The highest BCUT2D eigenvalue weighted by Crippen LogP contribution is 2.16. The fourth-order valence-electron chi connectivity index (χ4n) is 2.14. The molecule has 1 aromatic heterocycles. The molecule has 2 rings (SSSR count). The summed E-state index contributed by atoms with van der Waals surface area (Å²) in [5.41, 5.74) is 1.16. The molecule has 0 spiro atoms. The Balaban J connectivity index is 2.00. The van der Waals surface area contributed by atoms with Crippen LogP contribution < -0.4 is 10.2 Å². The Hall–Kier alpha value is -1.16. The Bertz CT molecular complexity index is 332. The quantitative estimate of drug-likeness (QED) is 0.827. The monoisotopic (exact) mass is 220 g/mol. The van der Waals surface area contributed by atoms with Gasteiger partial charge in [0.25, 0.3) is 0 Å². The molecule has 1 aliphatic rings. The topological polar surface area (TPSA) is 41.0 Å². The molecule has 0 aliphatic carbocycles. The van der Waals surface area contributed by atoms with Crippen LogP contribution in [0.4, 0.5) is 5.82 Å². The lowest BCUT2D eigenvalue weighted by Gasteiger charge is -2.22. The summed E-state index contributed by atoms with van der Waals surface area (Å²) in [6, 6.07) is 2.09. The lowest BCUT2D eigenvalue weighted by Crippen LogP contribution is -2.31. The van der Waals surface area contributed by atoms with Crippen molar-refractivity contribution in [2.45, 2.75) is 19.3 Å². The Morgan fingerprint density at radius 3 is 3.00 bits per heavy atom. The number of anilines is 1. The number of nitrogens with one attached hydrogen (secondary N) is 1. The van der Waals surface area contributed by atoms with Crippen molar-refractivity contribution >= 4 is 5.82 Å². The van der Waals surface area contributed by atoms with Crippen molar-refractivity contribution in [2.75, 3.05) is 32.1 Å². The van der Waals surface area contributed by atoms with E-state index in [0.717, 1.165) is 30.4 Å². The molecule has 0 radical (unpaired) electrons. The third-order valence-electron chi connectivity index (χ3n) is 3.06. The maximum atomic E-state index is 4.35. The molecule has 16 heavy (non-hydrogen) atoms. The van der Waals surface area contributed by atoms with Crippen LogP contribution in [0.15, 0.2) is 12.4 Å². The van der Waals surface area contributed by atoms with Crippen LogP contribution in [0.5, 0.6) is 0 Å². The van der Waals surface area contributed by atoms with Gasteiger partial charge in [-0.1, -0.05) is 0 Å². The van der Waals surface area contributed by atoms with Crippen molar-refractivity contribution < 1.29 is 0 Å². The molecule has 2 heterocycles. The van der Waals surface area contributed by atoms with Crippen molar-refractivity contribution in [2.24, 2.45) is 5.92 Å². The third kappa shape index (κ3) is 2.92. The summed E-state index contributed by atoms with van der Waals surface area (Å²) in [7, 11) is 4.02. The van der Waals surface area contributed by atoms with Gasteiger partial charge in [-0.05, 0) is 38.3 Å². The van der Waals surface area contributed by atoms with Crippen LogP contribution in [-0.4, -0.2) is 37.2 Å². The second kappa shape index (κ2) is 5.25. The van der Waals surface area contributed by atoms with Gasteiger partial charge in [-0.3, -0.25) is 0 Å². The molecule has 4 nitrogen and oxygen atoms in total. The van der Waals surface area contributed by atoms with E-state index < -0.39 is 0 Å². The Morgan fingerprint density at radius 1 is 1.44 bits per heavy atom. The second-order valence-corrected chi connectivity index (χ2v) is 4.68. The number of hydrogen-bond donors (Lipinski definition) is 1. The van der Waals surface area contributed by atoms with Crippen LogP contribution >= 0.6 is 0 Å². The summed E-state index contributed by atoms with van der Waals surface area (Å²) in [4.78, 5) is 10.6. The van der Waals surface area contributed by atoms with Crippen LogP contribution in [0, 0.1) is 5.92 Å². The molecule has 1 saturated heterocycles. The fraction of sp³-hybridized carbons (Fsp3) is 0.667. The van der Waals surface area contributed by atoms with Gasteiger partial charge in [-0.2, -0.15) is 0 Å². The zero-order valence-corrected chi connectivity index (χ0v) is 10.1. The zero-order valence-electron chi connectivity index (χ0n) is 10.1. The van der Waals surface area contributed by atoms with Crippen molar-refractivity contribution in [3.63, 3.8) is 0 Å². The Morgan fingerprint density at radius 2 is 2.31 bits per heavy atom. The van der Waals surface area contributed by atoms with Crippen molar-refractivity contribution in [3.8, 4) is 0 Å². The summed E-state index contributed by atoms with van der Waals surface area (Å²) < 4.78 is 0. The molecule has 0 aromatic carbocycles. The highest BCUT2D eigenvalue weighted by Gasteiger charge is 2.14. The van der Waals surface area contributed by atoms with E-state index in [9.17, 15) is 0 Å². The molecule has 1 aromatic rings. The van der Waals surface area contributed by atoms with E-state index in [1.807, 2.05) is 19.0 Å². The van der Waals surface area contributed by atoms with Gasteiger partial charge in [-0.15, -0.1) is 0 Å². The molecule has 88 valence electrons. The van der Waals surface area contributed by atoms with Gasteiger partial charge in [0.1, 0.15) is 12.1 Å². The van der Waals surface area contributed by atoms with E-state index in [4.69, 9.17) is 0 Å². The molecule has 1 N–H and O–H groups in total. The Kier molecular flexibility index (Phi) is 3.72. The predicted molar refractivity (Wildman–Crippen MR) is 65.7 cm³/mol. The first-order valence-electron chi connectivity index (χ1n) is 5.94. The average Bonchev–Trinajstić information content (AvgIpc) is 2.30. The van der Waals surface area contributed by atoms with Crippen molar-refractivity contribution in [3.05, 3.63) is 18.1 Å². The first kappa shape index (κ1) is 11.3. The molecule has 0 amide bonds. The number of nitrogens with zero attached hydrogens (tertiary/aromatic N) is 3. The van der Waals surface area contributed by atoms with Crippen LogP contribution in [0.2, 0.25) is 0 Å². The van der Waals surface area contributed by atoms with Gasteiger partial charge in [0.15, 0.2) is 0 Å². The highest BCUT2D eigenvalue weighted by molar-refractivity contribution is 5.36. The molecule has 1 fully saturated rings. The largest absolute Gasteiger partial charge is 0.363 e. The summed E-state index contributed by atoms with van der Waals surface area (Å²) in [6.07, 6.45) is 5.34. The van der Waals surface area contributed by atoms with E-state index in [-0.39, 0.29) is 0 Å². The maximum absolute atomic E-state index is 4.35. The fourth-order valence-corrected chi connectivity index (χ4v) is 2.14. The van der Waals surface area contributed by atoms with E-state index in [0.29, 0.717) is 0 Å². The second-order valence-electron chi connectivity index (χ2n) is 4.68. The standard InChI is InChI=1S/C12H20N4/c1-16(2)12-7-11(14-9-15-12)6-10-4-3-5-13-8-10/h7,9-10,13H,3-6,8H2,1-2H3/t10-/m0/s1. The highest BCUT2D eigenvalue weighted by atomic mass is 15.1. The van der Waals surface area contributed by atoms with Crippen molar-refractivity contribution in [1.29, 1.82) is 0 Å². The van der Waals surface area contributed by atoms with Gasteiger partial charge in [0, 0.05) is 25.9 Å². The lowest BCUT2D eigenvalue weighted by molar-refractivity contribution is 0.373. The molecular weight excluding hydrogens is 200 g/mol. The number of rotatable bonds is 3. The molecule has 0 unspecified atom stereocenters. The van der Waals surface area contributed by atoms with Crippen LogP contribution in [0.3, 0.4) is 0 Å². The van der Waals surface area contributed by atoms with Gasteiger partial charge in [0.05, 0.1) is 0 Å². The first-order chi connectivity index (χ1) is 7.75. The van der Waals surface area contributed by atoms with Gasteiger partial charge in [0.2, 0.25) is 0 Å². The van der Waals surface area contributed by atoms with E-state index >= 15 is 0 Å². The summed E-state index contributed by atoms with van der Waals surface area (Å²) in [5, 5.41) is 3.44. The van der Waals surface area contributed by atoms with E-state index in [1.165, 1.54) is 19.4 Å². The minimum atomic E-state index is 0.735. The molecule has 1 atom stereocenters. The molecule has 1 aliphatic heterocycles. The van der Waals surface area contributed by atoms with Gasteiger partial charge >= 0.3 is 0 Å². The first-order valence-corrected chi connectivity index (χ1v) is 5.94. The van der Waals surface area contributed by atoms with Crippen LogP contribution in [-0.2, 0) is 6.42 Å².